The molecule has 5 nitrogen and oxygen atoms in total. The molecule has 2 N–H and O–H groups in total. The van der Waals surface area contributed by atoms with E-state index >= 15 is 4.39 Å². The third-order valence-electron chi connectivity index (χ3n) is 6.16. The number of hydrogen-bond acceptors (Lipinski definition) is 5. The smallest absolute Gasteiger partial charge is 0.133 e. The highest BCUT2D eigenvalue weighted by molar-refractivity contribution is 5.77. The van der Waals surface area contributed by atoms with Crippen LogP contribution in [0.25, 0.3) is 11.1 Å². The SMILES string of the molecule is CC1CN(c2cc(F)c(-c3cccc(CN4CCOCC4)c3)cc2N)CCN1C. The van der Waals surface area contributed by atoms with Gasteiger partial charge in [-0.15, -0.1) is 0 Å². The van der Waals surface area contributed by atoms with Gasteiger partial charge >= 0.3 is 0 Å². The average Bonchev–Trinajstić information content (AvgIpc) is 2.72. The summed E-state index contributed by atoms with van der Waals surface area (Å²) in [6, 6.07) is 11.9. The maximum Gasteiger partial charge on any atom is 0.133 e. The molecule has 0 saturated carbocycles. The summed E-state index contributed by atoms with van der Waals surface area (Å²) in [5.41, 5.74) is 10.4. The fourth-order valence-electron chi connectivity index (χ4n) is 4.20. The minimum Gasteiger partial charge on any atom is -0.397 e. The Morgan fingerprint density at radius 1 is 1.10 bits per heavy atom. The number of likely N-dealkylation sites (N-methyl/N-ethyl adjacent to an activating group) is 1. The zero-order valence-electron chi connectivity index (χ0n) is 17.4. The number of nitrogens with zero attached hydrogens (tertiary/aromatic N) is 3. The number of anilines is 2. The predicted octanol–water partition coefficient (Wildman–Crippen LogP) is 3.05. The van der Waals surface area contributed by atoms with E-state index in [-0.39, 0.29) is 5.82 Å². The van der Waals surface area contributed by atoms with Crippen LogP contribution in [0, 0.1) is 5.82 Å². The molecule has 2 aliphatic rings. The van der Waals surface area contributed by atoms with Crippen molar-refractivity contribution < 1.29 is 9.13 Å². The number of piperazine rings is 1. The van der Waals surface area contributed by atoms with Crippen molar-refractivity contribution in [1.29, 1.82) is 0 Å². The first-order valence-corrected chi connectivity index (χ1v) is 10.4. The maximum atomic E-state index is 15.1. The first-order chi connectivity index (χ1) is 14.0. The van der Waals surface area contributed by atoms with E-state index in [2.05, 4.69) is 40.8 Å². The van der Waals surface area contributed by atoms with Crippen LogP contribution in [0.15, 0.2) is 36.4 Å². The van der Waals surface area contributed by atoms with Crippen molar-refractivity contribution in [2.75, 3.05) is 63.6 Å². The zero-order valence-corrected chi connectivity index (χ0v) is 17.4. The molecular weight excluding hydrogens is 367 g/mol. The second-order valence-corrected chi connectivity index (χ2v) is 8.26. The summed E-state index contributed by atoms with van der Waals surface area (Å²) in [7, 11) is 2.12. The molecule has 2 saturated heterocycles. The summed E-state index contributed by atoms with van der Waals surface area (Å²) < 4.78 is 20.5. The van der Waals surface area contributed by atoms with E-state index in [4.69, 9.17) is 10.5 Å². The molecule has 6 heteroatoms. The van der Waals surface area contributed by atoms with Gasteiger partial charge in [-0.05, 0) is 43.3 Å². The average molecular weight is 399 g/mol. The van der Waals surface area contributed by atoms with Crippen molar-refractivity contribution >= 4 is 11.4 Å². The normalized spacial score (nSPS) is 21.5. The Morgan fingerprint density at radius 3 is 2.66 bits per heavy atom. The third-order valence-corrected chi connectivity index (χ3v) is 6.16. The largest absolute Gasteiger partial charge is 0.397 e. The van der Waals surface area contributed by atoms with Gasteiger partial charge in [0.2, 0.25) is 0 Å². The monoisotopic (exact) mass is 398 g/mol. The second kappa shape index (κ2) is 8.69. The molecular formula is C23H31FN4O. The van der Waals surface area contributed by atoms with Crippen molar-refractivity contribution in [3.63, 3.8) is 0 Å². The second-order valence-electron chi connectivity index (χ2n) is 8.26. The summed E-state index contributed by atoms with van der Waals surface area (Å²) in [5.74, 6) is -0.218. The Kier molecular flexibility index (Phi) is 6.04. The Hall–Kier alpha value is -2.15. The summed E-state index contributed by atoms with van der Waals surface area (Å²) in [6.07, 6.45) is 0. The van der Waals surface area contributed by atoms with Gasteiger partial charge in [-0.2, -0.15) is 0 Å². The Bertz CT molecular complexity index is 853. The summed E-state index contributed by atoms with van der Waals surface area (Å²) >= 11 is 0. The van der Waals surface area contributed by atoms with Gasteiger partial charge < -0.3 is 20.3 Å². The van der Waals surface area contributed by atoms with Crippen molar-refractivity contribution in [3.8, 4) is 11.1 Å². The lowest BCUT2D eigenvalue weighted by Crippen LogP contribution is -2.50. The fraction of sp³-hybridized carbons (Fsp3) is 0.478. The molecule has 2 aliphatic heterocycles. The minimum absolute atomic E-state index is 0.218. The van der Waals surface area contributed by atoms with Gasteiger partial charge in [-0.1, -0.05) is 18.2 Å². The number of rotatable bonds is 4. The Morgan fingerprint density at radius 2 is 1.90 bits per heavy atom. The minimum atomic E-state index is -0.218. The maximum absolute atomic E-state index is 15.1. The van der Waals surface area contributed by atoms with Crippen LogP contribution in [0.5, 0.6) is 0 Å². The first-order valence-electron chi connectivity index (χ1n) is 10.4. The number of hydrogen-bond donors (Lipinski definition) is 1. The molecule has 1 atom stereocenters. The molecule has 4 rings (SSSR count). The number of halogens is 1. The van der Waals surface area contributed by atoms with Gasteiger partial charge in [-0.25, -0.2) is 4.39 Å². The Balaban J connectivity index is 1.56. The number of nitrogen functional groups attached to an aromatic ring is 1. The number of ether oxygens (including phenoxy) is 1. The summed E-state index contributed by atoms with van der Waals surface area (Å²) in [4.78, 5) is 6.88. The van der Waals surface area contributed by atoms with E-state index in [1.807, 2.05) is 12.1 Å². The van der Waals surface area contributed by atoms with Crippen LogP contribution in [0.2, 0.25) is 0 Å². The standard InChI is InChI=1S/C23H31FN4O/c1-17-15-28(7-6-26(17)2)23-14-21(24)20(13-22(23)25)19-5-3-4-18(12-19)16-27-8-10-29-11-9-27/h3-5,12-14,17H,6-11,15-16,25H2,1-2H3. The molecule has 2 fully saturated rings. The van der Waals surface area contributed by atoms with E-state index < -0.39 is 0 Å². The quantitative estimate of drug-likeness (QED) is 0.802. The van der Waals surface area contributed by atoms with Gasteiger partial charge in [0.25, 0.3) is 0 Å². The van der Waals surface area contributed by atoms with Crippen molar-refractivity contribution in [1.82, 2.24) is 9.80 Å². The molecule has 2 aromatic rings. The summed E-state index contributed by atoms with van der Waals surface area (Å²) in [6.45, 7) is 9.13. The van der Waals surface area contributed by atoms with Crippen LogP contribution < -0.4 is 10.6 Å². The highest BCUT2D eigenvalue weighted by Crippen LogP contribution is 2.33. The predicted molar refractivity (Wildman–Crippen MR) is 117 cm³/mol. The number of morpholine rings is 1. The first kappa shape index (κ1) is 20.1. The summed E-state index contributed by atoms with van der Waals surface area (Å²) in [5, 5.41) is 0. The van der Waals surface area contributed by atoms with E-state index in [0.29, 0.717) is 17.3 Å². The fourth-order valence-corrected chi connectivity index (χ4v) is 4.20. The van der Waals surface area contributed by atoms with E-state index in [1.54, 1.807) is 12.1 Å². The number of nitrogens with two attached hydrogens (primary N) is 1. The van der Waals surface area contributed by atoms with Crippen molar-refractivity contribution in [2.24, 2.45) is 0 Å². The molecule has 0 amide bonds. The lowest BCUT2D eigenvalue weighted by molar-refractivity contribution is 0.0342. The molecule has 1 unspecified atom stereocenters. The lowest BCUT2D eigenvalue weighted by Gasteiger charge is -2.39. The van der Waals surface area contributed by atoms with Gasteiger partial charge in [-0.3, -0.25) is 4.90 Å². The highest BCUT2D eigenvalue weighted by Gasteiger charge is 2.23. The molecule has 29 heavy (non-hydrogen) atoms. The van der Waals surface area contributed by atoms with Gasteiger partial charge in [0, 0.05) is 50.9 Å². The molecule has 2 heterocycles. The van der Waals surface area contributed by atoms with Crippen LogP contribution in [-0.2, 0) is 11.3 Å². The van der Waals surface area contributed by atoms with Gasteiger partial charge in [0.1, 0.15) is 5.82 Å². The van der Waals surface area contributed by atoms with E-state index in [0.717, 1.165) is 63.7 Å². The van der Waals surface area contributed by atoms with Crippen LogP contribution in [0.3, 0.4) is 0 Å². The highest BCUT2D eigenvalue weighted by atomic mass is 19.1. The molecule has 0 aromatic heterocycles. The molecule has 2 aromatic carbocycles. The third kappa shape index (κ3) is 4.55. The van der Waals surface area contributed by atoms with Crippen LogP contribution >= 0.6 is 0 Å². The molecule has 0 spiro atoms. The van der Waals surface area contributed by atoms with Crippen LogP contribution in [0.1, 0.15) is 12.5 Å². The zero-order chi connectivity index (χ0) is 20.4. The van der Waals surface area contributed by atoms with E-state index in [1.165, 1.54) is 5.56 Å². The van der Waals surface area contributed by atoms with Crippen molar-refractivity contribution in [2.45, 2.75) is 19.5 Å². The van der Waals surface area contributed by atoms with Crippen LogP contribution in [-0.4, -0.2) is 68.8 Å². The van der Waals surface area contributed by atoms with E-state index in [9.17, 15) is 0 Å². The van der Waals surface area contributed by atoms with Crippen LogP contribution in [0.4, 0.5) is 15.8 Å². The van der Waals surface area contributed by atoms with Gasteiger partial charge in [0.05, 0.1) is 24.6 Å². The Labute approximate surface area is 172 Å². The molecule has 0 bridgehead atoms. The van der Waals surface area contributed by atoms with Crippen molar-refractivity contribution in [3.05, 3.63) is 47.8 Å². The number of benzene rings is 2. The lowest BCUT2D eigenvalue weighted by atomic mass is 10.0. The topological polar surface area (TPSA) is 45.0 Å². The molecule has 0 radical (unpaired) electrons. The van der Waals surface area contributed by atoms with Gasteiger partial charge in [0.15, 0.2) is 0 Å². The molecule has 156 valence electrons. The molecule has 0 aliphatic carbocycles.